The van der Waals surface area contributed by atoms with Gasteiger partial charge in [-0.05, 0) is 42.0 Å². The van der Waals surface area contributed by atoms with E-state index in [-0.39, 0.29) is 5.91 Å². The molecule has 2 N–H and O–H groups in total. The highest BCUT2D eigenvalue weighted by molar-refractivity contribution is 6.34. The highest BCUT2D eigenvalue weighted by atomic mass is 35.5. The largest absolute Gasteiger partial charge is 0.355 e. The van der Waals surface area contributed by atoms with Crippen LogP contribution in [0.2, 0.25) is 5.02 Å². The average molecular weight is 347 g/mol. The number of aromatic nitrogens is 1. The lowest BCUT2D eigenvalue weighted by atomic mass is 10.1. The lowest BCUT2D eigenvalue weighted by Crippen LogP contribution is -2.12. The van der Waals surface area contributed by atoms with E-state index in [9.17, 15) is 4.79 Å². The maximum Gasteiger partial charge on any atom is 0.257 e. The molecule has 0 spiro atoms. The Morgan fingerprint density at radius 2 is 1.60 bits per heavy atom. The lowest BCUT2D eigenvalue weighted by molar-refractivity contribution is 0.102. The van der Waals surface area contributed by atoms with Gasteiger partial charge in [0.1, 0.15) is 0 Å². The Labute approximate surface area is 150 Å². The van der Waals surface area contributed by atoms with Crippen molar-refractivity contribution in [1.82, 2.24) is 4.98 Å². The van der Waals surface area contributed by atoms with Crippen LogP contribution in [0.1, 0.15) is 10.4 Å². The van der Waals surface area contributed by atoms with Gasteiger partial charge >= 0.3 is 0 Å². The molecule has 0 aliphatic carbocycles. The Kier molecular flexibility index (Phi) is 4.00. The van der Waals surface area contributed by atoms with Crippen LogP contribution < -0.4 is 5.32 Å². The lowest BCUT2D eigenvalue weighted by Gasteiger charge is -2.07. The first-order valence-corrected chi connectivity index (χ1v) is 8.32. The van der Waals surface area contributed by atoms with Crippen LogP contribution in [0, 0.1) is 0 Å². The molecule has 0 atom stereocenters. The van der Waals surface area contributed by atoms with Crippen LogP contribution in [-0.4, -0.2) is 10.9 Å². The van der Waals surface area contributed by atoms with Crippen molar-refractivity contribution in [3.8, 4) is 11.3 Å². The second kappa shape index (κ2) is 6.46. The number of fused-ring (bicyclic) bond motifs is 1. The maximum atomic E-state index is 12.3. The van der Waals surface area contributed by atoms with Crippen LogP contribution in [0.15, 0.2) is 78.9 Å². The predicted molar refractivity (Wildman–Crippen MR) is 103 cm³/mol. The fraction of sp³-hybridized carbons (Fsp3) is 0. The van der Waals surface area contributed by atoms with E-state index in [0.29, 0.717) is 10.6 Å². The number of H-pyrrole nitrogens is 1. The summed E-state index contributed by atoms with van der Waals surface area (Å²) in [5.41, 5.74) is 4.40. The van der Waals surface area contributed by atoms with Gasteiger partial charge in [-0.2, -0.15) is 0 Å². The van der Waals surface area contributed by atoms with Crippen molar-refractivity contribution in [2.24, 2.45) is 0 Å². The van der Waals surface area contributed by atoms with Crippen LogP contribution in [0.3, 0.4) is 0 Å². The van der Waals surface area contributed by atoms with E-state index in [2.05, 4.69) is 28.5 Å². The summed E-state index contributed by atoms with van der Waals surface area (Å²) in [6.45, 7) is 0. The summed E-state index contributed by atoms with van der Waals surface area (Å²) in [6.07, 6.45) is 0. The molecule has 4 heteroatoms. The van der Waals surface area contributed by atoms with E-state index >= 15 is 0 Å². The number of benzene rings is 3. The number of para-hydroxylation sites is 1. The molecule has 3 aromatic carbocycles. The van der Waals surface area contributed by atoms with Crippen LogP contribution in [0.5, 0.6) is 0 Å². The zero-order chi connectivity index (χ0) is 17.2. The fourth-order valence-corrected chi connectivity index (χ4v) is 3.03. The minimum absolute atomic E-state index is 0.219. The zero-order valence-corrected chi connectivity index (χ0v) is 14.0. The van der Waals surface area contributed by atoms with E-state index < -0.39 is 0 Å². The summed E-state index contributed by atoms with van der Waals surface area (Å²) >= 11 is 6.06. The highest BCUT2D eigenvalue weighted by Gasteiger charge is 2.10. The first-order valence-electron chi connectivity index (χ1n) is 7.95. The quantitative estimate of drug-likeness (QED) is 0.488. The van der Waals surface area contributed by atoms with Gasteiger partial charge in [-0.15, -0.1) is 0 Å². The smallest absolute Gasteiger partial charge is 0.257 e. The number of hydrogen-bond donors (Lipinski definition) is 2. The number of halogens is 1. The van der Waals surface area contributed by atoms with Gasteiger partial charge in [0.15, 0.2) is 0 Å². The van der Waals surface area contributed by atoms with Crippen molar-refractivity contribution in [1.29, 1.82) is 0 Å². The van der Waals surface area contributed by atoms with Crippen molar-refractivity contribution in [3.63, 3.8) is 0 Å². The van der Waals surface area contributed by atoms with E-state index in [1.165, 1.54) is 5.39 Å². The molecule has 3 nitrogen and oxygen atoms in total. The van der Waals surface area contributed by atoms with Crippen LogP contribution in [-0.2, 0) is 0 Å². The molecular weight excluding hydrogens is 332 g/mol. The molecule has 0 fully saturated rings. The third kappa shape index (κ3) is 3.14. The molecule has 0 saturated heterocycles. The van der Waals surface area contributed by atoms with Gasteiger partial charge in [-0.1, -0.05) is 54.1 Å². The minimum Gasteiger partial charge on any atom is -0.355 e. The molecule has 0 bridgehead atoms. The maximum absolute atomic E-state index is 12.3. The Bertz CT molecular complexity index is 1020. The summed E-state index contributed by atoms with van der Waals surface area (Å²) < 4.78 is 0. The molecule has 1 amide bonds. The Morgan fingerprint density at radius 1 is 0.880 bits per heavy atom. The highest BCUT2D eigenvalue weighted by Crippen LogP contribution is 2.25. The third-order valence-electron chi connectivity index (χ3n) is 4.10. The molecule has 0 radical (unpaired) electrons. The van der Waals surface area contributed by atoms with E-state index in [0.717, 1.165) is 22.5 Å². The van der Waals surface area contributed by atoms with Gasteiger partial charge in [-0.3, -0.25) is 4.79 Å². The first-order chi connectivity index (χ1) is 12.2. The van der Waals surface area contributed by atoms with Crippen molar-refractivity contribution in [3.05, 3.63) is 89.4 Å². The number of amides is 1. The molecule has 1 aromatic heterocycles. The number of nitrogens with one attached hydrogen (secondary N) is 2. The van der Waals surface area contributed by atoms with Crippen LogP contribution in [0.25, 0.3) is 22.2 Å². The number of carbonyl (C=O) groups is 1. The number of carbonyl (C=O) groups excluding carboxylic acids is 1. The number of aromatic amines is 1. The van der Waals surface area contributed by atoms with Gasteiger partial charge in [0.05, 0.1) is 10.6 Å². The molecule has 122 valence electrons. The normalized spacial score (nSPS) is 10.8. The predicted octanol–water partition coefficient (Wildman–Crippen LogP) is 5.74. The Balaban J connectivity index is 1.56. The van der Waals surface area contributed by atoms with E-state index in [1.807, 2.05) is 36.4 Å². The topological polar surface area (TPSA) is 44.9 Å². The van der Waals surface area contributed by atoms with Gasteiger partial charge in [0.25, 0.3) is 5.91 Å². The van der Waals surface area contributed by atoms with Crippen molar-refractivity contribution in [2.75, 3.05) is 5.32 Å². The first kappa shape index (κ1) is 15.5. The number of hydrogen-bond acceptors (Lipinski definition) is 1. The van der Waals surface area contributed by atoms with Gasteiger partial charge in [0, 0.05) is 22.3 Å². The van der Waals surface area contributed by atoms with Gasteiger partial charge in [0.2, 0.25) is 0 Å². The molecule has 0 unspecified atom stereocenters. The number of rotatable bonds is 3. The zero-order valence-electron chi connectivity index (χ0n) is 13.3. The molecule has 4 aromatic rings. The molecule has 25 heavy (non-hydrogen) atoms. The molecule has 0 saturated carbocycles. The second-order valence-corrected chi connectivity index (χ2v) is 6.19. The molecule has 1 heterocycles. The van der Waals surface area contributed by atoms with Crippen LogP contribution >= 0.6 is 11.6 Å². The molecular formula is C21H15ClN2O. The molecule has 0 aliphatic heterocycles. The van der Waals surface area contributed by atoms with E-state index in [4.69, 9.17) is 11.6 Å². The summed E-state index contributed by atoms with van der Waals surface area (Å²) in [5.74, 6) is -0.219. The molecule has 0 aliphatic rings. The monoisotopic (exact) mass is 346 g/mol. The third-order valence-corrected chi connectivity index (χ3v) is 4.43. The minimum atomic E-state index is -0.219. The SMILES string of the molecule is O=C(Nc1ccc(-c2cc3ccccc3[nH]2)cc1)c1ccccc1Cl. The standard InChI is InChI=1S/C21H15ClN2O/c22-18-7-3-2-6-17(18)21(25)23-16-11-9-14(10-12-16)20-13-15-5-1-4-8-19(15)24-20/h1-13,24H,(H,23,25). The van der Waals surface area contributed by atoms with E-state index in [1.54, 1.807) is 24.3 Å². The van der Waals surface area contributed by atoms with Gasteiger partial charge in [-0.25, -0.2) is 0 Å². The van der Waals surface area contributed by atoms with Gasteiger partial charge < -0.3 is 10.3 Å². The van der Waals surface area contributed by atoms with Crippen LogP contribution in [0.4, 0.5) is 5.69 Å². The Hall–Kier alpha value is -3.04. The number of anilines is 1. The van der Waals surface area contributed by atoms with Crippen molar-refractivity contribution < 1.29 is 4.79 Å². The summed E-state index contributed by atoms with van der Waals surface area (Å²) in [7, 11) is 0. The average Bonchev–Trinajstić information content (AvgIpc) is 3.07. The molecule has 4 rings (SSSR count). The van der Waals surface area contributed by atoms with Crippen molar-refractivity contribution >= 4 is 34.1 Å². The second-order valence-electron chi connectivity index (χ2n) is 5.78. The Morgan fingerprint density at radius 3 is 2.36 bits per heavy atom. The van der Waals surface area contributed by atoms with Crippen molar-refractivity contribution in [2.45, 2.75) is 0 Å². The summed E-state index contributed by atoms with van der Waals surface area (Å²) in [5, 5.41) is 4.48. The summed E-state index contributed by atoms with van der Waals surface area (Å²) in [6, 6.07) is 25.0. The fourth-order valence-electron chi connectivity index (χ4n) is 2.81. The summed E-state index contributed by atoms with van der Waals surface area (Å²) in [4.78, 5) is 15.7.